The minimum absolute atomic E-state index is 0.499. The number of ether oxygens (including phenoxy) is 1. The smallest absolute Gasteiger partial charge is 0.121 e. The Balaban J connectivity index is 2.81. The van der Waals surface area contributed by atoms with Crippen LogP contribution in [0.15, 0.2) is 24.8 Å². The zero-order valence-electron chi connectivity index (χ0n) is 7.02. The van der Waals surface area contributed by atoms with Crippen LogP contribution in [0.1, 0.15) is 5.56 Å². The van der Waals surface area contributed by atoms with Crippen LogP contribution in [0.3, 0.4) is 0 Å². The van der Waals surface area contributed by atoms with Gasteiger partial charge in [-0.3, -0.25) is 0 Å². The van der Waals surface area contributed by atoms with Crippen LogP contribution < -0.4 is 4.74 Å². The van der Waals surface area contributed by atoms with Gasteiger partial charge in [0.2, 0.25) is 0 Å². The van der Waals surface area contributed by atoms with Gasteiger partial charge in [-0.25, -0.2) is 0 Å². The molecule has 1 aromatic carbocycles. The Labute approximate surface area is 96.9 Å². The second kappa shape index (κ2) is 5.50. The number of hydrogen-bond donors (Lipinski definition) is 0. The van der Waals surface area contributed by atoms with E-state index in [1.54, 1.807) is 0 Å². The summed E-state index contributed by atoms with van der Waals surface area (Å²) in [4.78, 5) is 0. The summed E-state index contributed by atoms with van der Waals surface area (Å²) in [5, 5.41) is 0. The maximum Gasteiger partial charge on any atom is 0.121 e. The van der Waals surface area contributed by atoms with Gasteiger partial charge in [-0.15, -0.1) is 11.6 Å². The van der Waals surface area contributed by atoms with Crippen molar-refractivity contribution in [1.82, 2.24) is 0 Å². The Bertz CT molecular complexity index is 299. The summed E-state index contributed by atoms with van der Waals surface area (Å²) >= 11 is 7.74. The van der Waals surface area contributed by atoms with Gasteiger partial charge in [-0.2, -0.15) is 0 Å². The molecule has 0 aliphatic rings. The third kappa shape index (κ3) is 3.56. The highest BCUT2D eigenvalue weighted by atomic mass is 127. The first kappa shape index (κ1) is 10.9. The second-order valence-corrected chi connectivity index (χ2v) is 4.01. The third-order valence-corrected chi connectivity index (χ3v) is 2.20. The number of rotatable bonds is 4. The monoisotopic (exact) mass is 307 g/mol. The van der Waals surface area contributed by atoms with Crippen LogP contribution in [0, 0.1) is 9.65 Å². The maximum atomic E-state index is 5.51. The average Bonchev–Trinajstić information content (AvgIpc) is 2.14. The van der Waals surface area contributed by atoms with Gasteiger partial charge >= 0.3 is 0 Å². The number of alkyl halides is 1. The van der Waals surface area contributed by atoms with Crippen LogP contribution in [-0.2, 0) is 0 Å². The van der Waals surface area contributed by atoms with Crippen LogP contribution in [0.5, 0.6) is 5.75 Å². The summed E-state index contributed by atoms with van der Waals surface area (Å²) in [6, 6.07) is 5.83. The van der Waals surface area contributed by atoms with Crippen LogP contribution in [0.25, 0.3) is 0 Å². The molecule has 0 bridgehead atoms. The molecular formula is C10H9ClIO. The summed E-state index contributed by atoms with van der Waals surface area (Å²) in [7, 11) is 0. The van der Waals surface area contributed by atoms with Crippen molar-refractivity contribution in [3.63, 3.8) is 0 Å². The molecule has 0 amide bonds. The summed E-state index contributed by atoms with van der Waals surface area (Å²) in [5.74, 6) is 1.32. The third-order valence-electron chi connectivity index (χ3n) is 1.42. The van der Waals surface area contributed by atoms with E-state index >= 15 is 0 Å². The van der Waals surface area contributed by atoms with Gasteiger partial charge in [0.15, 0.2) is 0 Å². The fourth-order valence-corrected chi connectivity index (χ4v) is 1.62. The van der Waals surface area contributed by atoms with Gasteiger partial charge < -0.3 is 4.74 Å². The molecule has 0 atom stereocenters. The molecule has 0 fully saturated rings. The van der Waals surface area contributed by atoms with E-state index in [2.05, 4.69) is 35.2 Å². The van der Waals surface area contributed by atoms with Crippen LogP contribution in [0.2, 0.25) is 0 Å². The number of halogens is 2. The Kier molecular flexibility index (Phi) is 4.59. The summed E-state index contributed by atoms with van der Waals surface area (Å²) < 4.78 is 6.48. The Morgan fingerprint density at radius 2 is 2.23 bits per heavy atom. The van der Waals surface area contributed by atoms with Crippen LogP contribution in [0.4, 0.5) is 0 Å². The fraction of sp³-hybridized carbons (Fsp3) is 0.200. The van der Waals surface area contributed by atoms with Gasteiger partial charge in [0.05, 0.1) is 5.88 Å². The molecular weight excluding hydrogens is 298 g/mol. The molecule has 69 valence electrons. The van der Waals surface area contributed by atoms with Crippen molar-refractivity contribution in [2.24, 2.45) is 0 Å². The lowest BCUT2D eigenvalue weighted by molar-refractivity contribution is 0.342. The number of hydrogen-bond acceptors (Lipinski definition) is 1. The lowest BCUT2D eigenvalue weighted by Crippen LogP contribution is -1.98. The van der Waals surface area contributed by atoms with Crippen molar-refractivity contribution in [3.05, 3.63) is 40.0 Å². The van der Waals surface area contributed by atoms with E-state index in [9.17, 15) is 0 Å². The van der Waals surface area contributed by atoms with Crippen molar-refractivity contribution < 1.29 is 4.74 Å². The summed E-state index contributed by atoms with van der Waals surface area (Å²) in [6.07, 6.45) is 2.82. The topological polar surface area (TPSA) is 9.23 Å². The molecule has 0 unspecified atom stereocenters. The minimum Gasteiger partial charge on any atom is -0.492 e. The van der Waals surface area contributed by atoms with E-state index in [4.69, 9.17) is 16.3 Å². The van der Waals surface area contributed by atoms with Crippen molar-refractivity contribution >= 4 is 34.2 Å². The van der Waals surface area contributed by atoms with Crippen LogP contribution in [-0.4, -0.2) is 12.5 Å². The molecule has 13 heavy (non-hydrogen) atoms. The van der Waals surface area contributed by atoms with Gasteiger partial charge in [0.1, 0.15) is 12.4 Å². The first-order valence-corrected chi connectivity index (χ1v) is 5.40. The molecule has 0 aliphatic carbocycles. The molecule has 3 heteroatoms. The second-order valence-electron chi connectivity index (χ2n) is 2.39. The molecule has 0 saturated carbocycles. The first-order valence-electron chi connectivity index (χ1n) is 3.78. The van der Waals surface area contributed by atoms with Gasteiger partial charge in [0.25, 0.3) is 0 Å². The molecule has 0 saturated heterocycles. The molecule has 1 aromatic rings. The van der Waals surface area contributed by atoms with Crippen molar-refractivity contribution in [2.75, 3.05) is 12.5 Å². The molecule has 1 radical (unpaired) electrons. The zero-order chi connectivity index (χ0) is 9.68. The van der Waals surface area contributed by atoms with E-state index < -0.39 is 0 Å². The predicted molar refractivity (Wildman–Crippen MR) is 63.3 cm³/mol. The molecule has 0 aliphatic heterocycles. The SMILES string of the molecule is C=[C]c1cc(I)cc(OCCCl)c1. The van der Waals surface area contributed by atoms with Gasteiger partial charge in [-0.05, 0) is 52.4 Å². The van der Waals surface area contributed by atoms with E-state index in [-0.39, 0.29) is 0 Å². The number of benzene rings is 1. The quantitative estimate of drug-likeness (QED) is 0.613. The zero-order valence-corrected chi connectivity index (χ0v) is 9.93. The van der Waals surface area contributed by atoms with E-state index in [0.29, 0.717) is 12.5 Å². The molecule has 0 heterocycles. The van der Waals surface area contributed by atoms with Crippen molar-refractivity contribution in [2.45, 2.75) is 0 Å². The highest BCUT2D eigenvalue weighted by molar-refractivity contribution is 14.1. The first-order chi connectivity index (χ1) is 6.26. The predicted octanol–water partition coefficient (Wildman–Crippen LogP) is 3.25. The van der Waals surface area contributed by atoms with E-state index in [1.165, 1.54) is 0 Å². The molecule has 1 nitrogen and oxygen atoms in total. The van der Waals surface area contributed by atoms with Crippen molar-refractivity contribution in [1.29, 1.82) is 0 Å². The highest BCUT2D eigenvalue weighted by Gasteiger charge is 1.97. The largest absolute Gasteiger partial charge is 0.492 e. The Morgan fingerprint density at radius 1 is 1.46 bits per heavy atom. The Morgan fingerprint density at radius 3 is 2.85 bits per heavy atom. The van der Waals surface area contributed by atoms with Crippen LogP contribution >= 0.6 is 34.2 Å². The average molecular weight is 308 g/mol. The van der Waals surface area contributed by atoms with Crippen molar-refractivity contribution in [3.8, 4) is 5.75 Å². The van der Waals surface area contributed by atoms with Gasteiger partial charge in [0, 0.05) is 3.57 Å². The molecule has 1 rings (SSSR count). The lowest BCUT2D eigenvalue weighted by atomic mass is 10.2. The molecule has 0 spiro atoms. The standard InChI is InChI=1S/C10H9ClIO/c1-2-8-5-9(12)7-10(6-8)13-4-3-11/h5-7H,1,3-4H2. The Hall–Kier alpha value is -0.220. The maximum absolute atomic E-state index is 5.51. The normalized spacial score (nSPS) is 9.69. The fourth-order valence-electron chi connectivity index (χ4n) is 0.905. The minimum atomic E-state index is 0.499. The summed E-state index contributed by atoms with van der Waals surface area (Å²) in [5.41, 5.74) is 0.941. The molecule has 0 aromatic heterocycles. The summed E-state index contributed by atoms with van der Waals surface area (Å²) in [6.45, 7) is 4.11. The van der Waals surface area contributed by atoms with E-state index in [1.807, 2.05) is 18.2 Å². The lowest BCUT2D eigenvalue weighted by Gasteiger charge is -2.05. The van der Waals surface area contributed by atoms with E-state index in [0.717, 1.165) is 14.9 Å². The van der Waals surface area contributed by atoms with Gasteiger partial charge in [-0.1, -0.05) is 6.58 Å². The molecule has 0 N–H and O–H groups in total. The highest BCUT2D eigenvalue weighted by Crippen LogP contribution is 2.18.